The molecule has 0 aromatic carbocycles. The van der Waals surface area contributed by atoms with Crippen molar-refractivity contribution < 1.29 is 79.8 Å². The van der Waals surface area contributed by atoms with Crippen LogP contribution in [0.5, 0.6) is 0 Å². The number of rotatable bonds is 14. The molecule has 0 fully saturated rings. The van der Waals surface area contributed by atoms with Crippen molar-refractivity contribution in [3.63, 3.8) is 0 Å². The molecule has 0 heterocycles. The Morgan fingerprint density at radius 1 is 1.14 bits per heavy atom. The maximum absolute atomic E-state index is 12.3. The van der Waals surface area contributed by atoms with E-state index in [1.54, 1.807) is 6.08 Å². The summed E-state index contributed by atoms with van der Waals surface area (Å²) in [7, 11) is 0. The van der Waals surface area contributed by atoms with Crippen LogP contribution in [0.15, 0.2) is 49.1 Å². The van der Waals surface area contributed by atoms with Crippen LogP contribution in [0, 0.1) is 29.6 Å². The van der Waals surface area contributed by atoms with Gasteiger partial charge in [-0.15, -0.1) is 0 Å². The summed E-state index contributed by atoms with van der Waals surface area (Å²) < 4.78 is 0. The van der Waals surface area contributed by atoms with Crippen LogP contribution in [-0.4, -0.2) is 18.4 Å². The smallest absolute Gasteiger partial charge is 0.158 e. The molecule has 0 saturated heterocycles. The van der Waals surface area contributed by atoms with E-state index in [1.807, 2.05) is 34.0 Å². The summed E-state index contributed by atoms with van der Waals surface area (Å²) in [5.41, 5.74) is 1.17. The molecule has 0 aliphatic heterocycles. The van der Waals surface area contributed by atoms with E-state index in [-0.39, 0.29) is 94.5 Å². The monoisotopic (exact) mass is 534 g/mol. The van der Waals surface area contributed by atoms with E-state index in [9.17, 15) is 14.4 Å². The van der Waals surface area contributed by atoms with Crippen LogP contribution in [0.3, 0.4) is 0 Å². The Morgan fingerprint density at radius 3 is 2.07 bits per heavy atom. The number of carbonyl (C=O) groups is 2. The van der Waals surface area contributed by atoms with Gasteiger partial charge in [-0.25, -0.2) is 25.2 Å². The first kappa shape index (κ1) is 32.7. The summed E-state index contributed by atoms with van der Waals surface area (Å²) in [6.45, 7) is 23.3. The number of hydrogen-bond acceptors (Lipinski definition) is 3. The van der Waals surface area contributed by atoms with Crippen LogP contribution in [0.25, 0.3) is 0 Å². The Labute approximate surface area is 221 Å². The average Bonchev–Trinajstić information content (AvgIpc) is 2.64. The minimum absolute atomic E-state index is 0. The molecule has 0 N–H and O–H groups in total. The number of carbonyl (C=O) groups excluding carboxylic acids is 3. The van der Waals surface area contributed by atoms with Gasteiger partial charge in [0.05, 0.1) is 0 Å². The molecule has 0 aromatic heterocycles. The molecule has 28 heavy (non-hydrogen) atoms. The van der Waals surface area contributed by atoms with Crippen LogP contribution in [0.1, 0.15) is 47.0 Å². The van der Waals surface area contributed by atoms with Crippen molar-refractivity contribution in [1.82, 2.24) is 0 Å². The van der Waals surface area contributed by atoms with Crippen LogP contribution in [0.4, 0.5) is 0 Å². The maximum atomic E-state index is 12.3. The fourth-order valence-corrected chi connectivity index (χ4v) is 3.13. The molecule has 0 aliphatic carbocycles. The predicted octanol–water partition coefficient (Wildman–Crippen LogP) is 5.00. The van der Waals surface area contributed by atoms with E-state index in [2.05, 4.69) is 26.3 Å². The predicted molar refractivity (Wildman–Crippen MR) is 108 cm³/mol. The molecule has 4 atom stereocenters. The van der Waals surface area contributed by atoms with Gasteiger partial charge in [0.15, 0.2) is 5.78 Å². The Bertz CT molecular complexity index is 580. The topological polar surface area (TPSA) is 51.2 Å². The van der Waals surface area contributed by atoms with Crippen molar-refractivity contribution in [2.45, 2.75) is 47.0 Å². The number of allylic oxidation sites excluding steroid dienone is 4. The van der Waals surface area contributed by atoms with Crippen molar-refractivity contribution in [2.24, 2.45) is 23.7 Å². The standard InChI is InChI=1S/C23H32O3.2Y/c1-9-11-22(26)20(8)23(17(5)14-25)19(7)21(10-2)12-15(3)18(6)16(4)13-24;;/h10,13,15,18-19,23H,2,4-5,8-9,11-12H2,1,3,6-7H3;;/q-2;;. The van der Waals surface area contributed by atoms with Crippen LogP contribution >= 0.6 is 0 Å². The summed E-state index contributed by atoms with van der Waals surface area (Å²) in [5, 5.41) is 0. The van der Waals surface area contributed by atoms with Crippen LogP contribution < -0.4 is 0 Å². The second-order valence-corrected chi connectivity index (χ2v) is 7.03. The fourth-order valence-electron chi connectivity index (χ4n) is 3.13. The first-order valence-electron chi connectivity index (χ1n) is 9.07. The third kappa shape index (κ3) is 9.70. The zero-order chi connectivity index (χ0) is 20.4. The molecule has 0 aliphatic rings. The zero-order valence-electron chi connectivity index (χ0n) is 17.8. The molecule has 0 saturated carbocycles. The molecular weight excluding hydrogens is 502 g/mol. The molecule has 2 radical (unpaired) electrons. The largest absolute Gasteiger partial charge is 0.419 e. The molecule has 3 nitrogen and oxygen atoms in total. The third-order valence-corrected chi connectivity index (χ3v) is 5.21. The minimum atomic E-state index is -0.490. The normalized spacial score (nSPS) is 14.0. The van der Waals surface area contributed by atoms with Gasteiger partial charge in [0, 0.05) is 71.8 Å². The van der Waals surface area contributed by atoms with Crippen molar-refractivity contribution in [1.29, 1.82) is 0 Å². The number of aldehydes is 1. The third-order valence-electron chi connectivity index (χ3n) is 5.21. The second-order valence-electron chi connectivity index (χ2n) is 7.03. The fraction of sp³-hybridized carbons (Fsp3) is 0.478. The van der Waals surface area contributed by atoms with Gasteiger partial charge in [-0.1, -0.05) is 53.2 Å². The Morgan fingerprint density at radius 2 is 1.68 bits per heavy atom. The Kier molecular flexibility index (Phi) is 19.6. The van der Waals surface area contributed by atoms with Crippen molar-refractivity contribution in [3.05, 3.63) is 55.0 Å². The first-order valence-corrected chi connectivity index (χ1v) is 9.07. The quantitative estimate of drug-likeness (QED) is 0.179. The molecule has 0 spiro atoms. The molecule has 0 bridgehead atoms. The molecular formula is C23H32O3Y2-2. The molecule has 5 heteroatoms. The van der Waals surface area contributed by atoms with Crippen molar-refractivity contribution in [2.75, 3.05) is 0 Å². The van der Waals surface area contributed by atoms with Crippen LogP contribution in [-0.2, 0) is 79.8 Å². The first-order chi connectivity index (χ1) is 12.2. The van der Waals surface area contributed by atoms with Gasteiger partial charge < -0.3 is 4.79 Å². The van der Waals surface area contributed by atoms with E-state index in [4.69, 9.17) is 0 Å². The summed E-state index contributed by atoms with van der Waals surface area (Å²) in [6, 6.07) is 0. The van der Waals surface area contributed by atoms with E-state index < -0.39 is 5.92 Å². The van der Waals surface area contributed by atoms with Gasteiger partial charge in [0.25, 0.3) is 0 Å². The second kappa shape index (κ2) is 16.8. The van der Waals surface area contributed by atoms with Gasteiger partial charge in [-0.3, -0.25) is 9.59 Å². The summed E-state index contributed by atoms with van der Waals surface area (Å²) in [6.07, 6.45) is 6.18. The van der Waals surface area contributed by atoms with Gasteiger partial charge in [0.1, 0.15) is 6.29 Å². The molecule has 0 rings (SSSR count). The van der Waals surface area contributed by atoms with Gasteiger partial charge in [-0.05, 0) is 41.6 Å². The zero-order valence-corrected chi connectivity index (χ0v) is 23.5. The Balaban J connectivity index is -0.00000312. The molecule has 0 amide bonds. The van der Waals surface area contributed by atoms with Crippen molar-refractivity contribution >= 4 is 18.4 Å². The minimum Gasteiger partial charge on any atom is -0.419 e. The van der Waals surface area contributed by atoms with Gasteiger partial charge >= 0.3 is 0 Å². The maximum Gasteiger partial charge on any atom is 0.158 e. The number of Topliss-reactive ketones (excluding diaryl/α,β-unsaturated/α-hetero) is 1. The molecule has 150 valence electrons. The van der Waals surface area contributed by atoms with Gasteiger partial charge in [-0.2, -0.15) is 5.57 Å². The van der Waals surface area contributed by atoms with E-state index >= 15 is 0 Å². The number of ketones is 1. The van der Waals surface area contributed by atoms with Gasteiger partial charge in [0.2, 0.25) is 0 Å². The van der Waals surface area contributed by atoms with E-state index in [0.29, 0.717) is 24.0 Å². The van der Waals surface area contributed by atoms with E-state index in [0.717, 1.165) is 18.6 Å². The molecule has 4 unspecified atom stereocenters. The van der Waals surface area contributed by atoms with Crippen LogP contribution in [0.2, 0.25) is 0 Å². The summed E-state index contributed by atoms with van der Waals surface area (Å²) in [5.74, 6) is 0.482. The number of hydrogen-bond donors (Lipinski definition) is 0. The van der Waals surface area contributed by atoms with E-state index in [1.165, 1.54) is 0 Å². The SMILES string of the molecule is C=C[C-](CC(C)C(C)C(=C)C=O)C(C)C(C(=C)[C-]=O)C(=C)C(=O)CCC.[Y].[Y]. The Hall–Kier alpha value is 0.0478. The summed E-state index contributed by atoms with van der Waals surface area (Å²) >= 11 is 0. The average molecular weight is 534 g/mol. The van der Waals surface area contributed by atoms with Crippen molar-refractivity contribution in [3.8, 4) is 0 Å². The summed E-state index contributed by atoms with van der Waals surface area (Å²) in [4.78, 5) is 34.5. The molecule has 0 aromatic rings.